The number of esters is 1. The van der Waals surface area contributed by atoms with Gasteiger partial charge < -0.3 is 14.2 Å². The lowest BCUT2D eigenvalue weighted by Gasteiger charge is -2.27. The maximum Gasteiger partial charge on any atom is 0.333 e. The molecule has 1 saturated carbocycles. The van der Waals surface area contributed by atoms with E-state index >= 15 is 0 Å². The van der Waals surface area contributed by atoms with Gasteiger partial charge in [-0.3, -0.25) is 0 Å². The molecule has 3 aliphatic rings. The lowest BCUT2D eigenvalue weighted by atomic mass is 9.84. The maximum atomic E-state index is 11.6. The minimum Gasteiger partial charge on any atom is -0.456 e. The molecule has 94 valence electrons. The summed E-state index contributed by atoms with van der Waals surface area (Å²) in [4.78, 5) is 11.6. The first-order chi connectivity index (χ1) is 8.15. The van der Waals surface area contributed by atoms with Gasteiger partial charge in [-0.05, 0) is 26.2 Å². The van der Waals surface area contributed by atoms with Crippen molar-refractivity contribution in [2.75, 3.05) is 6.61 Å². The fraction of sp³-hybridized carbons (Fsp3) is 0.769. The predicted molar refractivity (Wildman–Crippen MR) is 60.4 cm³/mol. The highest BCUT2D eigenvalue weighted by molar-refractivity contribution is 5.87. The molecule has 2 aliphatic heterocycles. The van der Waals surface area contributed by atoms with Crippen LogP contribution in [0.4, 0.5) is 0 Å². The van der Waals surface area contributed by atoms with Gasteiger partial charge in [0.15, 0.2) is 0 Å². The van der Waals surface area contributed by atoms with Crippen molar-refractivity contribution < 1.29 is 19.0 Å². The van der Waals surface area contributed by atoms with Gasteiger partial charge in [0.05, 0.1) is 18.8 Å². The summed E-state index contributed by atoms with van der Waals surface area (Å²) in [5.74, 6) is 0.0823. The molecule has 2 saturated heterocycles. The van der Waals surface area contributed by atoms with Crippen LogP contribution in [0.1, 0.15) is 26.2 Å². The van der Waals surface area contributed by atoms with E-state index in [2.05, 4.69) is 6.58 Å². The number of hydrogen-bond donors (Lipinski definition) is 0. The van der Waals surface area contributed by atoms with Crippen LogP contribution >= 0.6 is 0 Å². The Bertz CT molecular complexity index is 347. The third-order valence-electron chi connectivity index (χ3n) is 3.83. The van der Waals surface area contributed by atoms with Crippen LogP contribution in [-0.2, 0) is 19.0 Å². The molecule has 0 aromatic carbocycles. The fourth-order valence-electron chi connectivity index (χ4n) is 2.68. The van der Waals surface area contributed by atoms with Crippen LogP contribution < -0.4 is 0 Å². The highest BCUT2D eigenvalue weighted by Gasteiger charge is 2.50. The molecule has 1 aliphatic carbocycles. The first kappa shape index (κ1) is 11.2. The average molecular weight is 238 g/mol. The molecule has 3 fully saturated rings. The van der Waals surface area contributed by atoms with E-state index in [9.17, 15) is 4.79 Å². The molecular formula is C13H18O4. The minimum atomic E-state index is -0.302. The van der Waals surface area contributed by atoms with Gasteiger partial charge in [0.2, 0.25) is 0 Å². The average Bonchev–Trinajstić information content (AvgIpc) is 3.15. The van der Waals surface area contributed by atoms with Gasteiger partial charge >= 0.3 is 5.97 Å². The summed E-state index contributed by atoms with van der Waals surface area (Å²) in [6.45, 7) is 6.00. The Hall–Kier alpha value is -0.870. The third-order valence-corrected chi connectivity index (χ3v) is 3.83. The molecule has 4 nitrogen and oxygen atoms in total. The monoisotopic (exact) mass is 238 g/mol. The zero-order valence-corrected chi connectivity index (χ0v) is 10.1. The van der Waals surface area contributed by atoms with E-state index in [1.165, 1.54) is 0 Å². The van der Waals surface area contributed by atoms with Crippen molar-refractivity contribution in [2.24, 2.45) is 5.92 Å². The Labute approximate surface area is 101 Å². The van der Waals surface area contributed by atoms with Crippen LogP contribution in [0.2, 0.25) is 0 Å². The zero-order chi connectivity index (χ0) is 12.0. The van der Waals surface area contributed by atoms with Crippen LogP contribution in [-0.4, -0.2) is 37.0 Å². The number of fused-ring (bicyclic) bond motifs is 1. The van der Waals surface area contributed by atoms with E-state index in [1.54, 1.807) is 6.92 Å². The molecule has 0 N–H and O–H groups in total. The molecular weight excluding hydrogens is 220 g/mol. The van der Waals surface area contributed by atoms with Gasteiger partial charge in [0.25, 0.3) is 0 Å². The van der Waals surface area contributed by atoms with Crippen molar-refractivity contribution in [1.29, 1.82) is 0 Å². The van der Waals surface area contributed by atoms with E-state index in [0.29, 0.717) is 30.3 Å². The largest absolute Gasteiger partial charge is 0.456 e. The van der Waals surface area contributed by atoms with E-state index in [1.807, 2.05) is 0 Å². The molecule has 5 unspecified atom stereocenters. The summed E-state index contributed by atoms with van der Waals surface area (Å²) >= 11 is 0. The summed E-state index contributed by atoms with van der Waals surface area (Å²) in [6.07, 6.45) is 4.02. The summed E-state index contributed by atoms with van der Waals surface area (Å²) in [5, 5.41) is 0. The Morgan fingerprint density at radius 2 is 2.18 bits per heavy atom. The Balaban J connectivity index is 1.62. The number of carbonyl (C=O) groups is 1. The van der Waals surface area contributed by atoms with Gasteiger partial charge in [0.1, 0.15) is 12.2 Å². The number of carbonyl (C=O) groups excluding carboxylic acids is 1. The molecule has 0 amide bonds. The smallest absolute Gasteiger partial charge is 0.333 e. The van der Waals surface area contributed by atoms with Gasteiger partial charge in [0, 0.05) is 11.5 Å². The van der Waals surface area contributed by atoms with Gasteiger partial charge in [-0.25, -0.2) is 4.79 Å². The van der Waals surface area contributed by atoms with E-state index in [-0.39, 0.29) is 18.2 Å². The molecule has 0 bridgehead atoms. The predicted octanol–water partition coefficient (Wildman–Crippen LogP) is 1.44. The normalized spacial score (nSPS) is 40.1. The van der Waals surface area contributed by atoms with E-state index < -0.39 is 0 Å². The Kier molecular flexibility index (Phi) is 2.71. The van der Waals surface area contributed by atoms with Crippen LogP contribution in [0.15, 0.2) is 12.2 Å². The summed E-state index contributed by atoms with van der Waals surface area (Å²) in [7, 11) is 0. The van der Waals surface area contributed by atoms with E-state index in [4.69, 9.17) is 14.2 Å². The molecule has 5 atom stereocenters. The first-order valence-electron chi connectivity index (χ1n) is 6.28. The second-order valence-electron chi connectivity index (χ2n) is 5.31. The topological polar surface area (TPSA) is 51.4 Å². The van der Waals surface area contributed by atoms with Crippen molar-refractivity contribution in [3.63, 3.8) is 0 Å². The molecule has 2 heterocycles. The number of hydrogen-bond acceptors (Lipinski definition) is 4. The molecule has 17 heavy (non-hydrogen) atoms. The molecule has 0 aromatic heterocycles. The lowest BCUT2D eigenvalue weighted by Crippen LogP contribution is -2.35. The summed E-state index contributed by atoms with van der Waals surface area (Å²) in [6, 6.07) is 0. The Morgan fingerprint density at radius 1 is 1.41 bits per heavy atom. The van der Waals surface area contributed by atoms with Gasteiger partial charge in [-0.1, -0.05) is 6.58 Å². The molecule has 3 rings (SSSR count). The molecule has 4 heteroatoms. The van der Waals surface area contributed by atoms with Crippen molar-refractivity contribution >= 4 is 5.97 Å². The number of epoxide rings is 2. The zero-order valence-electron chi connectivity index (χ0n) is 10.1. The van der Waals surface area contributed by atoms with Crippen LogP contribution in [0.25, 0.3) is 0 Å². The van der Waals surface area contributed by atoms with Crippen molar-refractivity contribution in [2.45, 2.75) is 50.6 Å². The van der Waals surface area contributed by atoms with E-state index in [0.717, 1.165) is 19.3 Å². The van der Waals surface area contributed by atoms with Crippen LogP contribution in [0.5, 0.6) is 0 Å². The Morgan fingerprint density at radius 3 is 2.76 bits per heavy atom. The highest BCUT2D eigenvalue weighted by atomic mass is 16.6. The first-order valence-corrected chi connectivity index (χ1v) is 6.28. The second kappa shape index (κ2) is 4.10. The fourth-order valence-corrected chi connectivity index (χ4v) is 2.68. The van der Waals surface area contributed by atoms with Crippen molar-refractivity contribution in [3.8, 4) is 0 Å². The van der Waals surface area contributed by atoms with Gasteiger partial charge in [-0.15, -0.1) is 0 Å². The standard InChI is InChI=1S/C13H18O4/c1-7(2)13(14)17-12(11-6-15-11)8-3-4-9-10(5-8)16-9/h8-12H,1,3-6H2,2H3. The van der Waals surface area contributed by atoms with Crippen LogP contribution in [0, 0.1) is 5.92 Å². The quantitative estimate of drug-likeness (QED) is 0.422. The summed E-state index contributed by atoms with van der Waals surface area (Å²) in [5.41, 5.74) is 0.451. The number of ether oxygens (including phenoxy) is 3. The highest BCUT2D eigenvalue weighted by Crippen LogP contribution is 2.43. The SMILES string of the molecule is C=C(C)C(=O)OC(C1CCC2OC2C1)C1CO1. The third kappa shape index (κ3) is 2.38. The van der Waals surface area contributed by atoms with Crippen LogP contribution in [0.3, 0.4) is 0 Å². The second-order valence-corrected chi connectivity index (χ2v) is 5.31. The van der Waals surface area contributed by atoms with Gasteiger partial charge in [-0.2, -0.15) is 0 Å². The lowest BCUT2D eigenvalue weighted by molar-refractivity contribution is -0.148. The molecule has 0 aromatic rings. The van der Waals surface area contributed by atoms with Crippen molar-refractivity contribution in [3.05, 3.63) is 12.2 Å². The summed E-state index contributed by atoms with van der Waals surface area (Å²) < 4.78 is 16.3. The van der Waals surface area contributed by atoms with Crippen molar-refractivity contribution in [1.82, 2.24) is 0 Å². The molecule has 0 spiro atoms. The minimum absolute atomic E-state index is 0.0959. The molecule has 0 radical (unpaired) electrons. The maximum absolute atomic E-state index is 11.6. The number of rotatable bonds is 4.